The van der Waals surface area contributed by atoms with E-state index in [0.717, 1.165) is 38.5 Å². The first-order valence-electron chi connectivity index (χ1n) is 8.16. The van der Waals surface area contributed by atoms with E-state index in [1.807, 2.05) is 0 Å². The molecule has 1 N–H and O–H groups in total. The van der Waals surface area contributed by atoms with Gasteiger partial charge in [-0.3, -0.25) is 0 Å². The number of hydrogen-bond donors (Lipinski definition) is 1. The van der Waals surface area contributed by atoms with Gasteiger partial charge in [0, 0.05) is 19.1 Å². The average Bonchev–Trinajstić information content (AvgIpc) is 2.55. The SMILES string of the molecule is CCNC1CCC(C)CC1CN1CCCS(=O)(=O)CC1. The first-order valence-corrected chi connectivity index (χ1v) is 9.98. The van der Waals surface area contributed by atoms with Gasteiger partial charge in [0.15, 0.2) is 9.84 Å². The van der Waals surface area contributed by atoms with Gasteiger partial charge in [-0.25, -0.2) is 8.42 Å². The van der Waals surface area contributed by atoms with Crippen molar-refractivity contribution >= 4 is 9.84 Å². The van der Waals surface area contributed by atoms with Gasteiger partial charge in [0.1, 0.15) is 0 Å². The second-order valence-electron chi connectivity index (χ2n) is 6.65. The van der Waals surface area contributed by atoms with Crippen molar-refractivity contribution in [1.29, 1.82) is 0 Å². The second-order valence-corrected chi connectivity index (χ2v) is 8.95. The fraction of sp³-hybridized carbons (Fsp3) is 1.00. The van der Waals surface area contributed by atoms with Crippen LogP contribution in [-0.4, -0.2) is 57.0 Å². The third-order valence-electron chi connectivity index (χ3n) is 4.85. The van der Waals surface area contributed by atoms with E-state index in [9.17, 15) is 8.42 Å². The lowest BCUT2D eigenvalue weighted by molar-refractivity contribution is 0.151. The quantitative estimate of drug-likeness (QED) is 0.855. The minimum absolute atomic E-state index is 0.348. The minimum Gasteiger partial charge on any atom is -0.314 e. The Kier molecular flexibility index (Phi) is 5.87. The summed E-state index contributed by atoms with van der Waals surface area (Å²) in [5.74, 6) is 2.22. The molecule has 0 bridgehead atoms. The van der Waals surface area contributed by atoms with Crippen molar-refractivity contribution in [1.82, 2.24) is 10.2 Å². The molecule has 0 radical (unpaired) electrons. The Balaban J connectivity index is 1.92. The summed E-state index contributed by atoms with van der Waals surface area (Å²) < 4.78 is 23.4. The van der Waals surface area contributed by atoms with Crippen LogP contribution in [0.25, 0.3) is 0 Å². The first-order chi connectivity index (χ1) is 9.50. The van der Waals surface area contributed by atoms with E-state index in [1.165, 1.54) is 19.3 Å². The Bertz CT molecular complexity index is 397. The van der Waals surface area contributed by atoms with Crippen molar-refractivity contribution in [2.24, 2.45) is 11.8 Å². The van der Waals surface area contributed by atoms with Crippen LogP contribution in [0, 0.1) is 11.8 Å². The second kappa shape index (κ2) is 7.23. The average molecular weight is 302 g/mol. The number of nitrogens with one attached hydrogen (secondary N) is 1. The van der Waals surface area contributed by atoms with Gasteiger partial charge in [-0.1, -0.05) is 13.8 Å². The van der Waals surface area contributed by atoms with Crippen molar-refractivity contribution in [3.8, 4) is 0 Å². The summed E-state index contributed by atoms with van der Waals surface area (Å²) >= 11 is 0. The Morgan fingerprint density at radius 3 is 2.75 bits per heavy atom. The summed E-state index contributed by atoms with van der Waals surface area (Å²) in [5.41, 5.74) is 0. The predicted octanol–water partition coefficient (Wildman–Crippen LogP) is 1.52. The van der Waals surface area contributed by atoms with Crippen LogP contribution in [0.3, 0.4) is 0 Å². The molecule has 2 fully saturated rings. The standard InChI is InChI=1S/C15H30N2O2S/c1-3-16-15-6-5-13(2)11-14(15)12-17-7-4-9-20(18,19)10-8-17/h13-16H,3-12H2,1-2H3. The largest absolute Gasteiger partial charge is 0.314 e. The molecule has 1 aliphatic carbocycles. The first kappa shape index (κ1) is 16.2. The van der Waals surface area contributed by atoms with Gasteiger partial charge in [0.05, 0.1) is 11.5 Å². The van der Waals surface area contributed by atoms with Crippen molar-refractivity contribution < 1.29 is 8.42 Å². The van der Waals surface area contributed by atoms with Crippen LogP contribution in [0.1, 0.15) is 39.5 Å². The molecular formula is C15H30N2O2S. The maximum atomic E-state index is 11.7. The van der Waals surface area contributed by atoms with Crippen LogP contribution >= 0.6 is 0 Å². The smallest absolute Gasteiger partial charge is 0.151 e. The van der Waals surface area contributed by atoms with Gasteiger partial charge in [0.25, 0.3) is 0 Å². The molecule has 0 aromatic heterocycles. The molecule has 2 rings (SSSR count). The molecule has 0 aromatic carbocycles. The highest BCUT2D eigenvalue weighted by Gasteiger charge is 2.30. The predicted molar refractivity (Wildman–Crippen MR) is 83.7 cm³/mol. The highest BCUT2D eigenvalue weighted by molar-refractivity contribution is 7.91. The van der Waals surface area contributed by atoms with E-state index in [1.54, 1.807) is 0 Å². The molecule has 0 amide bonds. The van der Waals surface area contributed by atoms with Gasteiger partial charge in [-0.05, 0) is 50.6 Å². The van der Waals surface area contributed by atoms with Crippen LogP contribution in [0.15, 0.2) is 0 Å². The third-order valence-corrected chi connectivity index (χ3v) is 6.57. The van der Waals surface area contributed by atoms with Gasteiger partial charge in [-0.2, -0.15) is 0 Å². The van der Waals surface area contributed by atoms with E-state index in [2.05, 4.69) is 24.1 Å². The molecule has 1 aliphatic heterocycles. The van der Waals surface area contributed by atoms with E-state index in [0.29, 0.717) is 23.5 Å². The molecule has 5 heteroatoms. The monoisotopic (exact) mass is 302 g/mol. The highest BCUT2D eigenvalue weighted by atomic mass is 32.2. The highest BCUT2D eigenvalue weighted by Crippen LogP contribution is 2.30. The molecule has 1 saturated carbocycles. The third kappa shape index (κ3) is 4.71. The Morgan fingerprint density at radius 2 is 2.00 bits per heavy atom. The van der Waals surface area contributed by atoms with Gasteiger partial charge in [-0.15, -0.1) is 0 Å². The summed E-state index contributed by atoms with van der Waals surface area (Å²) in [5, 5.41) is 3.63. The Morgan fingerprint density at radius 1 is 1.20 bits per heavy atom. The number of hydrogen-bond acceptors (Lipinski definition) is 4. The fourth-order valence-electron chi connectivity index (χ4n) is 3.74. The molecule has 4 nitrogen and oxygen atoms in total. The van der Waals surface area contributed by atoms with Crippen molar-refractivity contribution in [3.05, 3.63) is 0 Å². The van der Waals surface area contributed by atoms with Crippen molar-refractivity contribution in [3.63, 3.8) is 0 Å². The summed E-state index contributed by atoms with van der Waals surface area (Å²) in [7, 11) is -2.78. The Hall–Kier alpha value is -0.130. The summed E-state index contributed by atoms with van der Waals surface area (Å²) in [6.07, 6.45) is 4.67. The fourth-order valence-corrected chi connectivity index (χ4v) is 5.05. The maximum absolute atomic E-state index is 11.7. The van der Waals surface area contributed by atoms with Crippen LogP contribution in [-0.2, 0) is 9.84 Å². The molecule has 2 aliphatic rings. The number of nitrogens with zero attached hydrogens (tertiary/aromatic N) is 1. The zero-order chi connectivity index (χ0) is 14.6. The normalized spacial score (nSPS) is 35.6. The lowest BCUT2D eigenvalue weighted by Crippen LogP contribution is -2.46. The summed E-state index contributed by atoms with van der Waals surface area (Å²) in [6, 6.07) is 0.621. The molecule has 0 aromatic rings. The molecule has 1 saturated heterocycles. The summed E-state index contributed by atoms with van der Waals surface area (Å²) in [6.45, 7) is 8.30. The van der Waals surface area contributed by atoms with Gasteiger partial charge >= 0.3 is 0 Å². The molecule has 118 valence electrons. The van der Waals surface area contributed by atoms with E-state index >= 15 is 0 Å². The molecule has 0 spiro atoms. The van der Waals surface area contributed by atoms with Crippen LogP contribution in [0.4, 0.5) is 0 Å². The molecule has 3 atom stereocenters. The van der Waals surface area contributed by atoms with Gasteiger partial charge in [0.2, 0.25) is 0 Å². The molecular weight excluding hydrogens is 272 g/mol. The van der Waals surface area contributed by atoms with Crippen molar-refractivity contribution in [2.75, 3.05) is 37.7 Å². The number of rotatable bonds is 4. The zero-order valence-electron chi connectivity index (χ0n) is 13.0. The lowest BCUT2D eigenvalue weighted by atomic mass is 9.78. The van der Waals surface area contributed by atoms with E-state index in [-0.39, 0.29) is 0 Å². The Labute approximate surface area is 124 Å². The van der Waals surface area contributed by atoms with E-state index < -0.39 is 9.84 Å². The van der Waals surface area contributed by atoms with Crippen LogP contribution in [0.5, 0.6) is 0 Å². The van der Waals surface area contributed by atoms with Crippen molar-refractivity contribution in [2.45, 2.75) is 45.6 Å². The molecule has 3 unspecified atom stereocenters. The van der Waals surface area contributed by atoms with E-state index in [4.69, 9.17) is 0 Å². The molecule has 20 heavy (non-hydrogen) atoms. The molecule has 1 heterocycles. The zero-order valence-corrected chi connectivity index (χ0v) is 13.8. The maximum Gasteiger partial charge on any atom is 0.151 e. The number of sulfone groups is 1. The van der Waals surface area contributed by atoms with Gasteiger partial charge < -0.3 is 10.2 Å². The minimum atomic E-state index is -2.78. The topological polar surface area (TPSA) is 49.4 Å². The van der Waals surface area contributed by atoms with Crippen LogP contribution in [0.2, 0.25) is 0 Å². The summed E-state index contributed by atoms with van der Waals surface area (Å²) in [4.78, 5) is 2.39. The lowest BCUT2D eigenvalue weighted by Gasteiger charge is -2.38. The van der Waals surface area contributed by atoms with Crippen LogP contribution < -0.4 is 5.32 Å².